The molecule has 0 aromatic carbocycles. The molecule has 1 aromatic rings. The maximum absolute atomic E-state index is 5.63. The molecule has 0 bridgehead atoms. The Balaban J connectivity index is 1.72. The molecule has 0 unspecified atom stereocenters. The molecule has 0 amide bonds. The summed E-state index contributed by atoms with van der Waals surface area (Å²) in [5.74, 6) is 1.48. The predicted octanol–water partition coefficient (Wildman–Crippen LogP) is 2.43. The molecule has 0 aliphatic carbocycles. The third kappa shape index (κ3) is 2.53. The Morgan fingerprint density at radius 1 is 1.33 bits per heavy atom. The predicted molar refractivity (Wildman–Crippen MR) is 72.6 cm³/mol. The highest BCUT2D eigenvalue weighted by Gasteiger charge is 2.31. The lowest BCUT2D eigenvalue weighted by Crippen LogP contribution is -2.41. The summed E-state index contributed by atoms with van der Waals surface area (Å²) in [5, 5.41) is 0. The van der Waals surface area contributed by atoms with E-state index in [0.29, 0.717) is 5.92 Å². The van der Waals surface area contributed by atoms with Crippen molar-refractivity contribution in [2.24, 2.45) is 5.92 Å². The molecule has 3 rings (SSSR count). The van der Waals surface area contributed by atoms with Gasteiger partial charge in [-0.1, -0.05) is 0 Å². The lowest BCUT2D eigenvalue weighted by molar-refractivity contribution is -0.0859. The number of piperidine rings is 1. The molecule has 4 nitrogen and oxygen atoms in total. The van der Waals surface area contributed by atoms with Crippen LogP contribution in [0, 0.1) is 5.92 Å². The standard InChI is InChI=1S/C13H17BrN2O2/c14-11-4-1-5-15-12(11)16-6-2-3-10(9-16)13-17-7-8-18-13/h1,4-5,10,13H,2-3,6-9H2/t10-/m0/s1. The molecule has 3 heterocycles. The first-order valence-electron chi connectivity index (χ1n) is 6.43. The molecular formula is C13H17BrN2O2. The van der Waals surface area contributed by atoms with E-state index in [4.69, 9.17) is 9.47 Å². The highest BCUT2D eigenvalue weighted by Crippen LogP contribution is 2.30. The summed E-state index contributed by atoms with van der Waals surface area (Å²) >= 11 is 3.57. The second-order valence-electron chi connectivity index (χ2n) is 4.77. The number of ether oxygens (including phenoxy) is 2. The van der Waals surface area contributed by atoms with Crippen molar-refractivity contribution in [3.05, 3.63) is 22.8 Å². The summed E-state index contributed by atoms with van der Waals surface area (Å²) in [5.41, 5.74) is 0. The fourth-order valence-electron chi connectivity index (χ4n) is 2.68. The van der Waals surface area contributed by atoms with Crippen molar-refractivity contribution in [1.82, 2.24) is 4.98 Å². The highest BCUT2D eigenvalue weighted by molar-refractivity contribution is 9.10. The number of rotatable bonds is 2. The molecule has 5 heteroatoms. The fourth-order valence-corrected chi connectivity index (χ4v) is 3.19. The van der Waals surface area contributed by atoms with Gasteiger partial charge in [0.15, 0.2) is 6.29 Å². The van der Waals surface area contributed by atoms with Crippen LogP contribution in [0.25, 0.3) is 0 Å². The maximum atomic E-state index is 5.63. The van der Waals surface area contributed by atoms with Gasteiger partial charge in [0.25, 0.3) is 0 Å². The molecule has 1 atom stereocenters. The lowest BCUT2D eigenvalue weighted by Gasteiger charge is -2.35. The highest BCUT2D eigenvalue weighted by atomic mass is 79.9. The Morgan fingerprint density at radius 3 is 2.94 bits per heavy atom. The molecule has 2 aliphatic rings. The second kappa shape index (κ2) is 5.55. The van der Waals surface area contributed by atoms with Gasteiger partial charge in [-0.25, -0.2) is 4.98 Å². The molecule has 0 N–H and O–H groups in total. The summed E-state index contributed by atoms with van der Waals surface area (Å²) in [6.45, 7) is 3.47. The van der Waals surface area contributed by atoms with Crippen molar-refractivity contribution in [1.29, 1.82) is 0 Å². The van der Waals surface area contributed by atoms with Crippen molar-refractivity contribution in [2.75, 3.05) is 31.2 Å². The Morgan fingerprint density at radius 2 is 2.17 bits per heavy atom. The minimum absolute atomic E-state index is 0.0183. The molecule has 0 radical (unpaired) electrons. The van der Waals surface area contributed by atoms with Gasteiger partial charge in [0.1, 0.15) is 5.82 Å². The first kappa shape index (κ1) is 12.4. The Bertz CT molecular complexity index is 410. The van der Waals surface area contributed by atoms with Gasteiger partial charge in [0.2, 0.25) is 0 Å². The van der Waals surface area contributed by atoms with Gasteiger partial charge in [-0.05, 0) is 40.9 Å². The minimum Gasteiger partial charge on any atom is -0.355 e. The zero-order valence-electron chi connectivity index (χ0n) is 10.2. The average molecular weight is 313 g/mol. The summed E-state index contributed by atoms with van der Waals surface area (Å²) < 4.78 is 12.3. The molecule has 2 saturated heterocycles. The summed E-state index contributed by atoms with van der Waals surface area (Å²) in [4.78, 5) is 6.78. The van der Waals surface area contributed by atoms with Crippen molar-refractivity contribution >= 4 is 21.7 Å². The van der Waals surface area contributed by atoms with Gasteiger partial charge in [-0.2, -0.15) is 0 Å². The summed E-state index contributed by atoms with van der Waals surface area (Å²) in [6.07, 6.45) is 4.16. The normalized spacial score (nSPS) is 25.6. The Kier molecular flexibility index (Phi) is 3.82. The number of halogens is 1. The number of anilines is 1. The molecule has 18 heavy (non-hydrogen) atoms. The molecule has 0 saturated carbocycles. The van der Waals surface area contributed by atoms with Crippen molar-refractivity contribution in [3.8, 4) is 0 Å². The van der Waals surface area contributed by atoms with Crippen molar-refractivity contribution in [2.45, 2.75) is 19.1 Å². The van der Waals surface area contributed by atoms with Gasteiger partial charge in [-0.15, -0.1) is 0 Å². The van der Waals surface area contributed by atoms with E-state index >= 15 is 0 Å². The van der Waals surface area contributed by atoms with E-state index in [-0.39, 0.29) is 6.29 Å². The SMILES string of the molecule is Brc1cccnc1N1CCC[C@H](C2OCCO2)C1. The molecular weight excluding hydrogens is 296 g/mol. The van der Waals surface area contributed by atoms with Gasteiger partial charge in [0, 0.05) is 25.2 Å². The van der Waals surface area contributed by atoms with E-state index < -0.39 is 0 Å². The van der Waals surface area contributed by atoms with Gasteiger partial charge in [-0.3, -0.25) is 0 Å². The zero-order chi connectivity index (χ0) is 12.4. The maximum Gasteiger partial charge on any atom is 0.162 e. The average Bonchev–Trinajstić information content (AvgIpc) is 2.93. The van der Waals surface area contributed by atoms with E-state index in [1.165, 1.54) is 6.42 Å². The fraction of sp³-hybridized carbons (Fsp3) is 0.615. The molecule has 2 fully saturated rings. The third-order valence-electron chi connectivity index (χ3n) is 3.53. The summed E-state index contributed by atoms with van der Waals surface area (Å²) in [6, 6.07) is 3.98. The van der Waals surface area contributed by atoms with Crippen LogP contribution in [0.3, 0.4) is 0 Å². The van der Waals surface area contributed by atoms with Crippen LogP contribution in [0.15, 0.2) is 22.8 Å². The van der Waals surface area contributed by atoms with Crippen LogP contribution in [0.4, 0.5) is 5.82 Å². The third-order valence-corrected chi connectivity index (χ3v) is 4.15. The van der Waals surface area contributed by atoms with Gasteiger partial charge < -0.3 is 14.4 Å². The van der Waals surface area contributed by atoms with E-state index in [1.54, 1.807) is 0 Å². The molecule has 0 spiro atoms. The van der Waals surface area contributed by atoms with Crippen LogP contribution >= 0.6 is 15.9 Å². The largest absolute Gasteiger partial charge is 0.355 e. The Hall–Kier alpha value is -0.650. The second-order valence-corrected chi connectivity index (χ2v) is 5.62. The van der Waals surface area contributed by atoms with E-state index in [1.807, 2.05) is 18.3 Å². The number of hydrogen-bond acceptors (Lipinski definition) is 4. The lowest BCUT2D eigenvalue weighted by atomic mass is 9.97. The van der Waals surface area contributed by atoms with Gasteiger partial charge >= 0.3 is 0 Å². The first-order chi connectivity index (χ1) is 8.84. The number of hydrogen-bond donors (Lipinski definition) is 0. The van der Waals surface area contributed by atoms with Crippen LogP contribution in [0.5, 0.6) is 0 Å². The number of nitrogens with zero attached hydrogens (tertiary/aromatic N) is 2. The molecule has 98 valence electrons. The molecule has 2 aliphatic heterocycles. The van der Waals surface area contributed by atoms with Crippen LogP contribution in [0.1, 0.15) is 12.8 Å². The van der Waals surface area contributed by atoms with E-state index in [0.717, 1.165) is 43.0 Å². The number of aromatic nitrogens is 1. The van der Waals surface area contributed by atoms with Crippen LogP contribution in [-0.4, -0.2) is 37.6 Å². The van der Waals surface area contributed by atoms with Crippen molar-refractivity contribution in [3.63, 3.8) is 0 Å². The van der Waals surface area contributed by atoms with Gasteiger partial charge in [0.05, 0.1) is 17.7 Å². The quantitative estimate of drug-likeness (QED) is 0.840. The van der Waals surface area contributed by atoms with Crippen LogP contribution in [0.2, 0.25) is 0 Å². The smallest absolute Gasteiger partial charge is 0.162 e. The van der Waals surface area contributed by atoms with Crippen LogP contribution in [-0.2, 0) is 9.47 Å². The first-order valence-corrected chi connectivity index (χ1v) is 7.22. The summed E-state index contributed by atoms with van der Waals surface area (Å²) in [7, 11) is 0. The molecule has 1 aromatic heterocycles. The van der Waals surface area contributed by atoms with E-state index in [2.05, 4.69) is 25.8 Å². The topological polar surface area (TPSA) is 34.6 Å². The Labute approximate surface area is 115 Å². The van der Waals surface area contributed by atoms with Crippen LogP contribution < -0.4 is 4.90 Å². The van der Waals surface area contributed by atoms with Crippen molar-refractivity contribution < 1.29 is 9.47 Å². The number of pyridine rings is 1. The minimum atomic E-state index is -0.0183. The van der Waals surface area contributed by atoms with E-state index in [9.17, 15) is 0 Å². The zero-order valence-corrected chi connectivity index (χ0v) is 11.8. The monoisotopic (exact) mass is 312 g/mol.